The fraction of sp³-hybridized carbons (Fsp3) is 0.300. The molecule has 27 heavy (non-hydrogen) atoms. The molecule has 0 saturated heterocycles. The molecule has 0 aliphatic carbocycles. The van der Waals surface area contributed by atoms with Gasteiger partial charge in [0.05, 0.1) is 28.5 Å². The Morgan fingerprint density at radius 1 is 1.37 bits per heavy atom. The predicted octanol–water partition coefficient (Wildman–Crippen LogP) is 2.97. The predicted molar refractivity (Wildman–Crippen MR) is 105 cm³/mol. The van der Waals surface area contributed by atoms with Gasteiger partial charge in [0.2, 0.25) is 11.8 Å². The van der Waals surface area contributed by atoms with Crippen molar-refractivity contribution in [3.05, 3.63) is 53.6 Å². The van der Waals surface area contributed by atoms with E-state index < -0.39 is 17.2 Å². The van der Waals surface area contributed by atoms with Crippen LogP contribution in [0, 0.1) is 34.0 Å². The summed E-state index contributed by atoms with van der Waals surface area (Å²) in [5.41, 5.74) is 0.133. The number of rotatable bonds is 6. The second kappa shape index (κ2) is 8.57. The van der Waals surface area contributed by atoms with Crippen molar-refractivity contribution in [1.29, 1.82) is 10.5 Å². The Hall–Kier alpha value is -3.03. The molecule has 1 heterocycles. The highest BCUT2D eigenvalue weighted by molar-refractivity contribution is 8.03. The molecule has 2 rings (SSSR count). The fourth-order valence-corrected chi connectivity index (χ4v) is 3.88. The van der Waals surface area contributed by atoms with Crippen molar-refractivity contribution in [3.63, 3.8) is 0 Å². The molecule has 138 valence electrons. The summed E-state index contributed by atoms with van der Waals surface area (Å²) in [4.78, 5) is 26.5. The molecule has 1 aromatic rings. The minimum absolute atomic E-state index is 0.0385. The van der Waals surface area contributed by atoms with Gasteiger partial charge in [0.25, 0.3) is 0 Å². The topological polar surface area (TPSA) is 97.0 Å². The SMILES string of the molecule is C=CCN(C(=O)CSC1=C(C#N)C(C)(C)[C@H](C#N)C(=O)N1)c1ccccc1. The van der Waals surface area contributed by atoms with Crippen LogP contribution in [-0.4, -0.2) is 24.1 Å². The van der Waals surface area contributed by atoms with Gasteiger partial charge in [0.1, 0.15) is 5.92 Å². The maximum atomic E-state index is 12.7. The third kappa shape index (κ3) is 4.21. The second-order valence-corrected chi connectivity index (χ2v) is 7.49. The van der Waals surface area contributed by atoms with Crippen LogP contribution in [-0.2, 0) is 9.59 Å². The lowest BCUT2D eigenvalue weighted by Crippen LogP contribution is -2.44. The first-order chi connectivity index (χ1) is 12.9. The minimum atomic E-state index is -0.950. The minimum Gasteiger partial charge on any atom is -0.319 e. The molecule has 0 unspecified atom stereocenters. The molecule has 1 aliphatic heterocycles. The molecule has 0 radical (unpaired) electrons. The molecule has 1 aliphatic rings. The maximum Gasteiger partial charge on any atom is 0.243 e. The lowest BCUT2D eigenvalue weighted by molar-refractivity contribution is -0.125. The van der Waals surface area contributed by atoms with E-state index in [1.807, 2.05) is 36.4 Å². The van der Waals surface area contributed by atoms with Crippen LogP contribution in [0.3, 0.4) is 0 Å². The van der Waals surface area contributed by atoms with Crippen molar-refractivity contribution in [1.82, 2.24) is 5.32 Å². The van der Waals surface area contributed by atoms with Crippen LogP contribution in [0.5, 0.6) is 0 Å². The summed E-state index contributed by atoms with van der Waals surface area (Å²) in [5, 5.41) is 21.7. The zero-order valence-corrected chi connectivity index (χ0v) is 16.0. The molecule has 1 N–H and O–H groups in total. The number of nitriles is 2. The Kier molecular flexibility index (Phi) is 6.44. The normalized spacial score (nSPS) is 18.1. The van der Waals surface area contributed by atoms with Gasteiger partial charge in [-0.05, 0) is 12.1 Å². The summed E-state index contributed by atoms with van der Waals surface area (Å²) in [5.74, 6) is -1.54. The summed E-state index contributed by atoms with van der Waals surface area (Å²) in [7, 11) is 0. The zero-order valence-electron chi connectivity index (χ0n) is 15.2. The van der Waals surface area contributed by atoms with E-state index in [1.54, 1.807) is 24.8 Å². The van der Waals surface area contributed by atoms with Gasteiger partial charge in [-0.1, -0.05) is 49.9 Å². The molecule has 0 saturated carbocycles. The lowest BCUT2D eigenvalue weighted by Gasteiger charge is -2.34. The summed E-state index contributed by atoms with van der Waals surface area (Å²) in [6.45, 7) is 7.42. The van der Waals surface area contributed by atoms with Gasteiger partial charge in [0, 0.05) is 17.6 Å². The monoisotopic (exact) mass is 380 g/mol. The van der Waals surface area contributed by atoms with E-state index in [0.717, 1.165) is 17.4 Å². The summed E-state index contributed by atoms with van der Waals surface area (Å²) >= 11 is 1.10. The molecule has 0 bridgehead atoms. The van der Waals surface area contributed by atoms with Crippen LogP contribution in [0.1, 0.15) is 13.8 Å². The number of benzene rings is 1. The zero-order chi connectivity index (χ0) is 20.0. The quantitative estimate of drug-likeness (QED) is 0.765. The molecule has 0 aromatic heterocycles. The van der Waals surface area contributed by atoms with Crippen LogP contribution < -0.4 is 10.2 Å². The molecule has 0 fully saturated rings. The van der Waals surface area contributed by atoms with E-state index in [9.17, 15) is 20.1 Å². The summed E-state index contributed by atoms with van der Waals surface area (Å²) in [6.07, 6.45) is 1.64. The molecule has 1 aromatic carbocycles. The van der Waals surface area contributed by atoms with Gasteiger partial charge in [-0.25, -0.2) is 0 Å². The highest BCUT2D eigenvalue weighted by atomic mass is 32.2. The Morgan fingerprint density at radius 3 is 2.59 bits per heavy atom. The number of anilines is 1. The Bertz CT molecular complexity index is 862. The maximum absolute atomic E-state index is 12.7. The summed E-state index contributed by atoms with van der Waals surface area (Å²) in [6, 6.07) is 13.3. The number of hydrogen-bond acceptors (Lipinski definition) is 5. The van der Waals surface area contributed by atoms with Crippen molar-refractivity contribution in [2.45, 2.75) is 13.8 Å². The van der Waals surface area contributed by atoms with Crippen molar-refractivity contribution in [2.24, 2.45) is 11.3 Å². The van der Waals surface area contributed by atoms with Gasteiger partial charge in [-0.3, -0.25) is 9.59 Å². The first-order valence-corrected chi connectivity index (χ1v) is 9.29. The molecule has 7 heteroatoms. The third-order valence-corrected chi connectivity index (χ3v) is 5.34. The number of carbonyl (C=O) groups excluding carboxylic acids is 2. The van der Waals surface area contributed by atoms with Crippen LogP contribution in [0.4, 0.5) is 5.69 Å². The smallest absolute Gasteiger partial charge is 0.243 e. The number of allylic oxidation sites excluding steroid dienone is 1. The Labute approximate surface area is 163 Å². The van der Waals surface area contributed by atoms with E-state index >= 15 is 0 Å². The molecular formula is C20H20N4O2S. The third-order valence-electron chi connectivity index (χ3n) is 4.35. The van der Waals surface area contributed by atoms with Gasteiger partial charge < -0.3 is 10.2 Å². The first-order valence-electron chi connectivity index (χ1n) is 8.31. The Morgan fingerprint density at radius 2 is 2.04 bits per heavy atom. The van der Waals surface area contributed by atoms with E-state index in [0.29, 0.717) is 17.1 Å². The number of hydrogen-bond donors (Lipinski definition) is 1. The van der Waals surface area contributed by atoms with Crippen LogP contribution in [0.25, 0.3) is 0 Å². The van der Waals surface area contributed by atoms with Crippen molar-refractivity contribution in [3.8, 4) is 12.1 Å². The van der Waals surface area contributed by atoms with Crippen LogP contribution in [0.15, 0.2) is 53.6 Å². The van der Waals surface area contributed by atoms with E-state index in [4.69, 9.17) is 0 Å². The molecule has 2 amide bonds. The number of carbonyl (C=O) groups is 2. The average Bonchev–Trinajstić information content (AvgIpc) is 2.64. The summed E-state index contributed by atoms with van der Waals surface area (Å²) < 4.78 is 0. The largest absolute Gasteiger partial charge is 0.319 e. The highest BCUT2D eigenvalue weighted by Crippen LogP contribution is 2.41. The van der Waals surface area contributed by atoms with Gasteiger partial charge in [-0.15, -0.1) is 6.58 Å². The average molecular weight is 380 g/mol. The number of nitrogens with zero attached hydrogens (tertiary/aromatic N) is 3. The fourth-order valence-electron chi connectivity index (χ4n) is 2.83. The van der Waals surface area contributed by atoms with Gasteiger partial charge in [-0.2, -0.15) is 10.5 Å². The number of thioether (sulfide) groups is 1. The van der Waals surface area contributed by atoms with Gasteiger partial charge >= 0.3 is 0 Å². The highest BCUT2D eigenvalue weighted by Gasteiger charge is 2.44. The van der Waals surface area contributed by atoms with E-state index in [-0.39, 0.29) is 11.7 Å². The van der Waals surface area contributed by atoms with E-state index in [1.165, 1.54) is 0 Å². The number of amides is 2. The van der Waals surface area contributed by atoms with Crippen molar-refractivity contribution in [2.75, 3.05) is 17.2 Å². The van der Waals surface area contributed by atoms with Crippen molar-refractivity contribution >= 4 is 29.3 Å². The standard InChI is InChI=1S/C20H20N4O2S/c1-4-10-24(14-8-6-5-7-9-14)17(25)13-27-19-16(12-22)20(2,3)15(11-21)18(26)23-19/h4-9,15H,1,10,13H2,2-3H3,(H,23,26)/t15-/m1/s1. The van der Waals surface area contributed by atoms with E-state index in [2.05, 4.69) is 18.0 Å². The lowest BCUT2D eigenvalue weighted by atomic mass is 9.72. The molecular weight excluding hydrogens is 360 g/mol. The molecule has 1 atom stereocenters. The first kappa shape index (κ1) is 20.3. The van der Waals surface area contributed by atoms with Crippen molar-refractivity contribution < 1.29 is 9.59 Å². The Balaban J connectivity index is 2.23. The second-order valence-electron chi connectivity index (χ2n) is 6.51. The number of nitrogens with one attached hydrogen (secondary N) is 1. The van der Waals surface area contributed by atoms with Crippen LogP contribution >= 0.6 is 11.8 Å². The number of para-hydroxylation sites is 1. The van der Waals surface area contributed by atoms with Crippen LogP contribution in [0.2, 0.25) is 0 Å². The molecule has 6 nitrogen and oxygen atoms in total. The molecule has 0 spiro atoms. The van der Waals surface area contributed by atoms with Gasteiger partial charge in [0.15, 0.2) is 0 Å².